The van der Waals surface area contributed by atoms with Crippen LogP contribution in [0, 0.1) is 0 Å². The zero-order chi connectivity index (χ0) is 12.1. The molecule has 0 bridgehead atoms. The fourth-order valence-corrected chi connectivity index (χ4v) is 3.09. The van der Waals surface area contributed by atoms with Crippen LogP contribution in [0.15, 0.2) is 0 Å². The van der Waals surface area contributed by atoms with Crippen molar-refractivity contribution in [1.29, 1.82) is 0 Å². The monoisotopic (exact) mass is 240 g/mol. The first-order chi connectivity index (χ1) is 8.31. The Hall–Kier alpha value is -0.120. The van der Waals surface area contributed by atoms with E-state index in [4.69, 9.17) is 10.5 Å². The van der Waals surface area contributed by atoms with Gasteiger partial charge in [-0.1, -0.05) is 32.6 Å². The van der Waals surface area contributed by atoms with Crippen molar-refractivity contribution < 1.29 is 4.74 Å². The minimum absolute atomic E-state index is 0.244. The van der Waals surface area contributed by atoms with E-state index >= 15 is 0 Å². The molecule has 0 radical (unpaired) electrons. The van der Waals surface area contributed by atoms with Crippen LogP contribution >= 0.6 is 0 Å². The van der Waals surface area contributed by atoms with Crippen molar-refractivity contribution in [2.75, 3.05) is 19.7 Å². The van der Waals surface area contributed by atoms with Crippen LogP contribution in [0.3, 0.4) is 0 Å². The lowest BCUT2D eigenvalue weighted by atomic mass is 10.0. The number of rotatable bonds is 6. The smallest absolute Gasteiger partial charge is 0.0853 e. The Bertz CT molecular complexity index is 222. The second kappa shape index (κ2) is 6.72. The number of hydrogen-bond acceptors (Lipinski definition) is 3. The van der Waals surface area contributed by atoms with E-state index in [1.165, 1.54) is 45.1 Å². The largest absolute Gasteiger partial charge is 0.374 e. The Balaban J connectivity index is 1.67. The first-order valence-electron chi connectivity index (χ1n) is 7.42. The summed E-state index contributed by atoms with van der Waals surface area (Å²) in [7, 11) is 0. The molecule has 0 aromatic heterocycles. The Morgan fingerprint density at radius 3 is 3.06 bits per heavy atom. The van der Waals surface area contributed by atoms with E-state index in [0.717, 1.165) is 19.6 Å². The Labute approximate surface area is 106 Å². The summed E-state index contributed by atoms with van der Waals surface area (Å²) in [4.78, 5) is 2.58. The van der Waals surface area contributed by atoms with E-state index < -0.39 is 0 Å². The third kappa shape index (κ3) is 3.67. The second-order valence-electron chi connectivity index (χ2n) is 5.68. The lowest BCUT2D eigenvalue weighted by Gasteiger charge is -2.37. The van der Waals surface area contributed by atoms with Gasteiger partial charge in [0.1, 0.15) is 0 Å². The van der Waals surface area contributed by atoms with Crippen molar-refractivity contribution in [3.8, 4) is 0 Å². The molecule has 2 heterocycles. The van der Waals surface area contributed by atoms with Crippen molar-refractivity contribution >= 4 is 0 Å². The van der Waals surface area contributed by atoms with Crippen LogP contribution in [0.2, 0.25) is 0 Å². The topological polar surface area (TPSA) is 38.5 Å². The van der Waals surface area contributed by atoms with Gasteiger partial charge in [0.15, 0.2) is 0 Å². The molecule has 2 rings (SSSR count). The highest BCUT2D eigenvalue weighted by molar-refractivity contribution is 4.88. The maximum absolute atomic E-state index is 6.26. The fraction of sp³-hybridized carbons (Fsp3) is 1.00. The van der Waals surface area contributed by atoms with Crippen LogP contribution in [0.25, 0.3) is 0 Å². The third-order valence-corrected chi connectivity index (χ3v) is 4.28. The highest BCUT2D eigenvalue weighted by Crippen LogP contribution is 2.24. The minimum Gasteiger partial charge on any atom is -0.374 e. The van der Waals surface area contributed by atoms with Crippen LogP contribution in [-0.2, 0) is 4.74 Å². The average Bonchev–Trinajstić information content (AvgIpc) is 2.81. The molecule has 3 unspecified atom stereocenters. The molecule has 2 fully saturated rings. The highest BCUT2D eigenvalue weighted by atomic mass is 16.5. The van der Waals surface area contributed by atoms with Crippen molar-refractivity contribution in [3.05, 3.63) is 0 Å². The van der Waals surface area contributed by atoms with E-state index in [1.54, 1.807) is 0 Å². The molecule has 0 saturated carbocycles. The molecule has 0 amide bonds. The Morgan fingerprint density at radius 2 is 2.24 bits per heavy atom. The van der Waals surface area contributed by atoms with Crippen LogP contribution < -0.4 is 5.73 Å². The van der Waals surface area contributed by atoms with Gasteiger partial charge in [-0.2, -0.15) is 0 Å². The quantitative estimate of drug-likeness (QED) is 0.723. The van der Waals surface area contributed by atoms with E-state index in [0.29, 0.717) is 6.04 Å². The van der Waals surface area contributed by atoms with Gasteiger partial charge >= 0.3 is 0 Å². The van der Waals surface area contributed by atoms with Gasteiger partial charge in [-0.15, -0.1) is 0 Å². The molecule has 0 spiro atoms. The van der Waals surface area contributed by atoms with Gasteiger partial charge in [0.25, 0.3) is 0 Å². The number of nitrogens with zero attached hydrogens (tertiary/aromatic N) is 1. The van der Waals surface area contributed by atoms with E-state index in [9.17, 15) is 0 Å². The molecular formula is C14H28N2O. The summed E-state index contributed by atoms with van der Waals surface area (Å²) in [6, 6.07) is 0.937. The maximum atomic E-state index is 6.26. The summed E-state index contributed by atoms with van der Waals surface area (Å²) >= 11 is 0. The molecule has 3 atom stereocenters. The van der Waals surface area contributed by atoms with Gasteiger partial charge in [0.05, 0.1) is 12.7 Å². The first kappa shape index (κ1) is 13.3. The predicted molar refractivity (Wildman–Crippen MR) is 71.1 cm³/mol. The molecule has 0 aromatic rings. The maximum Gasteiger partial charge on any atom is 0.0853 e. The minimum atomic E-state index is 0.244. The van der Waals surface area contributed by atoms with Gasteiger partial charge in [-0.3, -0.25) is 4.90 Å². The van der Waals surface area contributed by atoms with Gasteiger partial charge in [-0.05, 0) is 25.8 Å². The summed E-state index contributed by atoms with van der Waals surface area (Å²) in [5.41, 5.74) is 6.26. The summed E-state index contributed by atoms with van der Waals surface area (Å²) in [6.45, 7) is 5.48. The summed E-state index contributed by atoms with van der Waals surface area (Å²) in [6.07, 6.45) is 9.29. The number of unbranched alkanes of at least 4 members (excludes halogenated alkanes) is 3. The van der Waals surface area contributed by atoms with Gasteiger partial charge in [0.2, 0.25) is 0 Å². The van der Waals surface area contributed by atoms with Crippen LogP contribution in [0.4, 0.5) is 0 Å². The molecule has 2 aliphatic heterocycles. The lowest BCUT2D eigenvalue weighted by Crippen LogP contribution is -2.52. The molecule has 0 aliphatic carbocycles. The molecule has 2 N–H and O–H groups in total. The van der Waals surface area contributed by atoms with Crippen molar-refractivity contribution in [2.45, 2.75) is 70.1 Å². The van der Waals surface area contributed by atoms with Crippen molar-refractivity contribution in [2.24, 2.45) is 5.73 Å². The van der Waals surface area contributed by atoms with E-state index in [1.807, 2.05) is 0 Å². The van der Waals surface area contributed by atoms with Crippen molar-refractivity contribution in [3.63, 3.8) is 0 Å². The number of morpholine rings is 1. The number of hydrogen-bond donors (Lipinski definition) is 1. The summed E-state index contributed by atoms with van der Waals surface area (Å²) in [5.74, 6) is 0. The van der Waals surface area contributed by atoms with E-state index in [2.05, 4.69) is 11.8 Å². The SMILES string of the molecule is CCCCCCC(N)C1CN2CCCC2CO1. The standard InChI is InChI=1S/C14H28N2O/c1-2-3-4-5-8-13(15)14-10-16-9-6-7-12(16)11-17-14/h12-14H,2-11,15H2,1H3. The molecule has 3 nitrogen and oxygen atoms in total. The number of nitrogens with two attached hydrogens (primary N) is 1. The Morgan fingerprint density at radius 1 is 1.35 bits per heavy atom. The zero-order valence-corrected chi connectivity index (χ0v) is 11.2. The fourth-order valence-electron chi connectivity index (χ4n) is 3.09. The van der Waals surface area contributed by atoms with Gasteiger partial charge in [-0.25, -0.2) is 0 Å². The highest BCUT2D eigenvalue weighted by Gasteiger charge is 2.34. The Kier molecular flexibility index (Phi) is 5.26. The molecule has 2 aliphatic rings. The van der Waals surface area contributed by atoms with Crippen LogP contribution in [0.1, 0.15) is 51.9 Å². The molecule has 0 aromatic carbocycles. The average molecular weight is 240 g/mol. The molecular weight excluding hydrogens is 212 g/mol. The lowest BCUT2D eigenvalue weighted by molar-refractivity contribution is -0.0602. The van der Waals surface area contributed by atoms with Crippen LogP contribution in [0.5, 0.6) is 0 Å². The zero-order valence-electron chi connectivity index (χ0n) is 11.2. The number of ether oxygens (including phenoxy) is 1. The molecule has 3 heteroatoms. The second-order valence-corrected chi connectivity index (χ2v) is 5.68. The third-order valence-electron chi connectivity index (χ3n) is 4.28. The van der Waals surface area contributed by atoms with E-state index in [-0.39, 0.29) is 12.1 Å². The van der Waals surface area contributed by atoms with Crippen molar-refractivity contribution in [1.82, 2.24) is 4.90 Å². The predicted octanol–water partition coefficient (Wildman–Crippen LogP) is 2.15. The normalized spacial score (nSPS) is 31.4. The van der Waals surface area contributed by atoms with Gasteiger partial charge in [0, 0.05) is 18.6 Å². The van der Waals surface area contributed by atoms with Gasteiger partial charge < -0.3 is 10.5 Å². The first-order valence-corrected chi connectivity index (χ1v) is 7.42. The summed E-state index contributed by atoms with van der Waals surface area (Å²) in [5, 5.41) is 0. The molecule has 17 heavy (non-hydrogen) atoms. The number of fused-ring (bicyclic) bond motifs is 1. The molecule has 100 valence electrons. The van der Waals surface area contributed by atoms with Crippen LogP contribution in [-0.4, -0.2) is 42.8 Å². The summed E-state index contributed by atoms with van der Waals surface area (Å²) < 4.78 is 5.94. The molecule has 2 saturated heterocycles.